The predicted octanol–water partition coefficient (Wildman–Crippen LogP) is 3.33. The van der Waals surface area contributed by atoms with Crippen LogP contribution >= 0.6 is 0 Å². The van der Waals surface area contributed by atoms with Crippen molar-refractivity contribution in [1.29, 1.82) is 0 Å². The maximum absolute atomic E-state index is 13.0. The van der Waals surface area contributed by atoms with E-state index < -0.39 is 0 Å². The number of hydrogen-bond donors (Lipinski definition) is 1. The van der Waals surface area contributed by atoms with Gasteiger partial charge in [0.25, 0.3) is 0 Å². The Kier molecular flexibility index (Phi) is 6.68. The molecule has 0 radical (unpaired) electrons. The quantitative estimate of drug-likeness (QED) is 0.790. The van der Waals surface area contributed by atoms with E-state index in [2.05, 4.69) is 10.5 Å². The number of aromatic nitrogens is 1. The standard InChI is InChI=1S/C21H27N3O4/c1-15-12-19(23-28-15)22-20(25)14-24(17-6-4-3-5-7-17)21(26)13-16-8-10-18(27-2)11-9-16/h8-12,17H,3-7,13-14H2,1-2H3,(H,22,23,25). The lowest BCUT2D eigenvalue weighted by atomic mass is 9.93. The zero-order valence-corrected chi connectivity index (χ0v) is 16.4. The molecule has 1 N–H and O–H groups in total. The minimum Gasteiger partial charge on any atom is -0.497 e. The van der Waals surface area contributed by atoms with E-state index in [1.54, 1.807) is 25.0 Å². The van der Waals surface area contributed by atoms with E-state index in [0.717, 1.165) is 37.0 Å². The summed E-state index contributed by atoms with van der Waals surface area (Å²) in [4.78, 5) is 27.3. The summed E-state index contributed by atoms with van der Waals surface area (Å²) < 4.78 is 10.1. The van der Waals surface area contributed by atoms with E-state index in [9.17, 15) is 9.59 Å². The third-order valence-electron chi connectivity index (χ3n) is 5.06. The molecular weight excluding hydrogens is 358 g/mol. The number of carbonyl (C=O) groups excluding carboxylic acids is 2. The van der Waals surface area contributed by atoms with Crippen molar-refractivity contribution in [2.45, 2.75) is 51.5 Å². The number of anilines is 1. The van der Waals surface area contributed by atoms with Crippen molar-refractivity contribution >= 4 is 17.6 Å². The number of nitrogens with zero attached hydrogens (tertiary/aromatic N) is 2. The van der Waals surface area contributed by atoms with Gasteiger partial charge in [-0.3, -0.25) is 9.59 Å². The fourth-order valence-corrected chi connectivity index (χ4v) is 3.60. The van der Waals surface area contributed by atoms with Crippen molar-refractivity contribution in [2.75, 3.05) is 19.0 Å². The van der Waals surface area contributed by atoms with Crippen LogP contribution in [0.3, 0.4) is 0 Å². The fourth-order valence-electron chi connectivity index (χ4n) is 3.60. The van der Waals surface area contributed by atoms with Crippen molar-refractivity contribution < 1.29 is 18.8 Å². The van der Waals surface area contributed by atoms with Crippen LogP contribution in [0.15, 0.2) is 34.9 Å². The number of nitrogens with one attached hydrogen (secondary N) is 1. The first-order valence-electron chi connectivity index (χ1n) is 9.70. The molecule has 0 unspecified atom stereocenters. The molecule has 1 aliphatic carbocycles. The number of rotatable bonds is 7. The van der Waals surface area contributed by atoms with Gasteiger partial charge < -0.3 is 19.5 Å². The Hall–Kier alpha value is -2.83. The Morgan fingerprint density at radius 1 is 1.21 bits per heavy atom. The van der Waals surface area contributed by atoms with E-state index in [1.165, 1.54) is 6.42 Å². The van der Waals surface area contributed by atoms with Gasteiger partial charge in [-0.2, -0.15) is 0 Å². The molecule has 28 heavy (non-hydrogen) atoms. The lowest BCUT2D eigenvalue weighted by Crippen LogP contribution is -2.46. The molecule has 0 atom stereocenters. The second-order valence-electron chi connectivity index (χ2n) is 7.21. The second-order valence-corrected chi connectivity index (χ2v) is 7.21. The largest absolute Gasteiger partial charge is 0.497 e. The van der Waals surface area contributed by atoms with E-state index in [-0.39, 0.29) is 30.8 Å². The average Bonchev–Trinajstić information content (AvgIpc) is 3.11. The summed E-state index contributed by atoms with van der Waals surface area (Å²) >= 11 is 0. The molecule has 150 valence electrons. The Morgan fingerprint density at radius 2 is 1.93 bits per heavy atom. The number of ether oxygens (including phenoxy) is 1. The Balaban J connectivity index is 1.67. The Labute approximate surface area is 165 Å². The molecule has 0 saturated heterocycles. The third kappa shape index (κ3) is 5.34. The maximum atomic E-state index is 13.0. The van der Waals surface area contributed by atoms with Crippen molar-refractivity contribution in [3.05, 3.63) is 41.7 Å². The zero-order chi connectivity index (χ0) is 19.9. The highest BCUT2D eigenvalue weighted by Gasteiger charge is 2.27. The minimum absolute atomic E-state index is 0.0194. The van der Waals surface area contributed by atoms with Gasteiger partial charge in [0.1, 0.15) is 18.1 Å². The first-order valence-corrected chi connectivity index (χ1v) is 9.70. The monoisotopic (exact) mass is 385 g/mol. The van der Waals surface area contributed by atoms with Gasteiger partial charge in [-0.1, -0.05) is 36.6 Å². The van der Waals surface area contributed by atoms with Crippen LogP contribution in [0, 0.1) is 6.92 Å². The van der Waals surface area contributed by atoms with Gasteiger partial charge in [0.15, 0.2) is 5.82 Å². The summed E-state index contributed by atoms with van der Waals surface area (Å²) in [6.07, 6.45) is 5.48. The minimum atomic E-state index is -0.262. The molecule has 1 aromatic heterocycles. The number of methoxy groups -OCH3 is 1. The first-order chi connectivity index (χ1) is 13.5. The van der Waals surface area contributed by atoms with Gasteiger partial charge in [0, 0.05) is 12.1 Å². The van der Waals surface area contributed by atoms with Gasteiger partial charge in [-0.15, -0.1) is 0 Å². The van der Waals surface area contributed by atoms with Crippen LogP contribution in [0.2, 0.25) is 0 Å². The number of aryl methyl sites for hydroxylation is 1. The predicted molar refractivity (Wildman–Crippen MR) is 105 cm³/mol. The Bertz CT molecular complexity index is 794. The van der Waals surface area contributed by atoms with E-state index in [4.69, 9.17) is 9.26 Å². The smallest absolute Gasteiger partial charge is 0.245 e. The van der Waals surface area contributed by atoms with E-state index >= 15 is 0 Å². The van der Waals surface area contributed by atoms with Gasteiger partial charge in [0.05, 0.1) is 13.5 Å². The van der Waals surface area contributed by atoms with Crippen molar-refractivity contribution in [3.63, 3.8) is 0 Å². The SMILES string of the molecule is COc1ccc(CC(=O)N(CC(=O)Nc2cc(C)on2)C2CCCCC2)cc1. The number of hydrogen-bond acceptors (Lipinski definition) is 5. The number of benzene rings is 1. The van der Waals surface area contributed by atoms with Crippen LogP contribution in [0.1, 0.15) is 43.4 Å². The lowest BCUT2D eigenvalue weighted by molar-refractivity contribution is -0.137. The summed E-state index contributed by atoms with van der Waals surface area (Å²) in [5.74, 6) is 1.44. The summed E-state index contributed by atoms with van der Waals surface area (Å²) in [6, 6.07) is 9.20. The molecule has 1 heterocycles. The van der Waals surface area contributed by atoms with Crippen molar-refractivity contribution in [3.8, 4) is 5.75 Å². The average molecular weight is 385 g/mol. The number of carbonyl (C=O) groups is 2. The molecule has 0 spiro atoms. The highest BCUT2D eigenvalue weighted by atomic mass is 16.5. The van der Waals surface area contributed by atoms with Gasteiger partial charge >= 0.3 is 0 Å². The summed E-state index contributed by atoms with van der Waals surface area (Å²) in [7, 11) is 1.61. The fraction of sp³-hybridized carbons (Fsp3) is 0.476. The van der Waals surface area contributed by atoms with Crippen LogP contribution < -0.4 is 10.1 Å². The topological polar surface area (TPSA) is 84.7 Å². The van der Waals surface area contributed by atoms with Crippen molar-refractivity contribution in [1.82, 2.24) is 10.1 Å². The zero-order valence-electron chi connectivity index (χ0n) is 16.4. The highest BCUT2D eigenvalue weighted by molar-refractivity contribution is 5.94. The molecule has 1 saturated carbocycles. The summed E-state index contributed by atoms with van der Waals surface area (Å²) in [5.41, 5.74) is 0.902. The first kappa shape index (κ1) is 19.9. The molecule has 3 rings (SSSR count). The van der Waals surface area contributed by atoms with E-state index in [0.29, 0.717) is 11.6 Å². The highest BCUT2D eigenvalue weighted by Crippen LogP contribution is 2.24. The number of amides is 2. The Morgan fingerprint density at radius 3 is 2.54 bits per heavy atom. The molecule has 2 aromatic rings. The summed E-state index contributed by atoms with van der Waals surface area (Å²) in [5, 5.41) is 6.49. The van der Waals surface area contributed by atoms with Crippen molar-refractivity contribution in [2.24, 2.45) is 0 Å². The lowest BCUT2D eigenvalue weighted by Gasteiger charge is -2.34. The molecule has 1 aliphatic rings. The second kappa shape index (κ2) is 9.39. The third-order valence-corrected chi connectivity index (χ3v) is 5.06. The van der Waals surface area contributed by atoms with Gasteiger partial charge in [0.2, 0.25) is 11.8 Å². The van der Waals surface area contributed by atoms with Crippen LogP contribution in [0.25, 0.3) is 0 Å². The van der Waals surface area contributed by atoms with Crippen LogP contribution in [-0.4, -0.2) is 41.6 Å². The normalized spacial score (nSPS) is 14.5. The maximum Gasteiger partial charge on any atom is 0.245 e. The molecule has 7 heteroatoms. The van der Waals surface area contributed by atoms with Gasteiger partial charge in [-0.25, -0.2) is 0 Å². The molecule has 1 aromatic carbocycles. The molecular formula is C21H27N3O4. The molecule has 0 aliphatic heterocycles. The summed E-state index contributed by atoms with van der Waals surface area (Å²) in [6.45, 7) is 1.78. The van der Waals surface area contributed by atoms with Crippen LogP contribution in [-0.2, 0) is 16.0 Å². The van der Waals surface area contributed by atoms with Gasteiger partial charge in [-0.05, 0) is 37.5 Å². The van der Waals surface area contributed by atoms with E-state index in [1.807, 2.05) is 24.3 Å². The molecule has 1 fully saturated rings. The molecule has 0 bridgehead atoms. The van der Waals surface area contributed by atoms with Crippen LogP contribution in [0.5, 0.6) is 5.75 Å². The molecule has 2 amide bonds. The van der Waals surface area contributed by atoms with Crippen LogP contribution in [0.4, 0.5) is 5.82 Å². The molecule has 7 nitrogen and oxygen atoms in total.